The number of amides is 1. The summed E-state index contributed by atoms with van der Waals surface area (Å²) in [5, 5.41) is 3.26. The van der Waals surface area contributed by atoms with Gasteiger partial charge in [-0.2, -0.15) is 13.2 Å². The standard InChI is InChI=1S/C15H20F3N3OS/c1-21-6-5-11-12(8-21)23-14(19-11)20-13(22)9-3-2-4-10(7-9)15(16,17)18/h9-10H,2-8H2,1H3,(H,19,20,22)/t9-,10+/m0/s1. The van der Waals surface area contributed by atoms with Crippen molar-refractivity contribution >= 4 is 22.4 Å². The molecular formula is C15H20F3N3OS. The van der Waals surface area contributed by atoms with E-state index in [-0.39, 0.29) is 18.7 Å². The molecule has 2 atom stereocenters. The summed E-state index contributed by atoms with van der Waals surface area (Å²) in [4.78, 5) is 20.0. The van der Waals surface area contributed by atoms with Gasteiger partial charge in [0.05, 0.1) is 11.6 Å². The maximum Gasteiger partial charge on any atom is 0.391 e. The van der Waals surface area contributed by atoms with E-state index in [2.05, 4.69) is 15.2 Å². The van der Waals surface area contributed by atoms with E-state index in [1.54, 1.807) is 0 Å². The average Bonchev–Trinajstić information content (AvgIpc) is 2.87. The van der Waals surface area contributed by atoms with Crippen molar-refractivity contribution in [2.24, 2.45) is 11.8 Å². The van der Waals surface area contributed by atoms with Gasteiger partial charge in [0.1, 0.15) is 0 Å². The molecule has 2 aliphatic rings. The maximum absolute atomic E-state index is 12.8. The van der Waals surface area contributed by atoms with Crippen LogP contribution in [0.2, 0.25) is 0 Å². The molecule has 1 aromatic rings. The van der Waals surface area contributed by atoms with Crippen LogP contribution in [0.4, 0.5) is 18.3 Å². The van der Waals surface area contributed by atoms with Gasteiger partial charge in [0.25, 0.3) is 0 Å². The highest BCUT2D eigenvalue weighted by molar-refractivity contribution is 7.15. The lowest BCUT2D eigenvalue weighted by Gasteiger charge is -2.29. The zero-order chi connectivity index (χ0) is 16.6. The highest BCUT2D eigenvalue weighted by Crippen LogP contribution is 2.40. The fourth-order valence-corrected chi connectivity index (χ4v) is 4.40. The SMILES string of the molecule is CN1CCc2nc(NC(=O)[C@H]3CCC[C@@H](C(F)(F)F)C3)sc2C1. The zero-order valence-corrected chi connectivity index (χ0v) is 13.8. The van der Waals surface area contributed by atoms with Gasteiger partial charge in [-0.1, -0.05) is 6.42 Å². The van der Waals surface area contributed by atoms with Gasteiger partial charge in [-0.3, -0.25) is 4.79 Å². The van der Waals surface area contributed by atoms with Crippen LogP contribution in [0.5, 0.6) is 0 Å². The second kappa shape index (κ2) is 6.39. The first kappa shape index (κ1) is 16.7. The number of halogens is 3. The van der Waals surface area contributed by atoms with E-state index in [0.29, 0.717) is 18.0 Å². The number of thiazole rings is 1. The van der Waals surface area contributed by atoms with Crippen LogP contribution in [0.25, 0.3) is 0 Å². The van der Waals surface area contributed by atoms with Crippen molar-refractivity contribution in [3.05, 3.63) is 10.6 Å². The molecule has 23 heavy (non-hydrogen) atoms. The molecule has 1 fully saturated rings. The molecule has 128 valence electrons. The van der Waals surface area contributed by atoms with Crippen molar-refractivity contribution in [1.82, 2.24) is 9.88 Å². The molecule has 1 amide bonds. The van der Waals surface area contributed by atoms with Crippen LogP contribution in [0.1, 0.15) is 36.3 Å². The highest BCUT2D eigenvalue weighted by Gasteiger charge is 2.43. The number of likely N-dealkylation sites (N-methyl/N-ethyl adjacent to an activating group) is 1. The summed E-state index contributed by atoms with van der Waals surface area (Å²) in [6.45, 7) is 1.74. The van der Waals surface area contributed by atoms with Gasteiger partial charge in [-0.15, -0.1) is 11.3 Å². The van der Waals surface area contributed by atoms with Crippen LogP contribution in [-0.2, 0) is 17.8 Å². The van der Waals surface area contributed by atoms with Gasteiger partial charge >= 0.3 is 6.18 Å². The molecule has 4 nitrogen and oxygen atoms in total. The normalized spacial score (nSPS) is 25.9. The quantitative estimate of drug-likeness (QED) is 0.891. The van der Waals surface area contributed by atoms with E-state index >= 15 is 0 Å². The minimum absolute atomic E-state index is 0.108. The lowest BCUT2D eigenvalue weighted by atomic mass is 9.80. The smallest absolute Gasteiger partial charge is 0.302 e. The molecule has 1 aliphatic carbocycles. The van der Waals surface area contributed by atoms with Crippen LogP contribution >= 0.6 is 11.3 Å². The van der Waals surface area contributed by atoms with Crippen LogP contribution in [0.15, 0.2) is 0 Å². The number of anilines is 1. The number of hydrogen-bond acceptors (Lipinski definition) is 4. The fraction of sp³-hybridized carbons (Fsp3) is 0.733. The Kier molecular flexibility index (Phi) is 4.64. The Morgan fingerprint density at radius 3 is 2.91 bits per heavy atom. The van der Waals surface area contributed by atoms with E-state index in [4.69, 9.17) is 0 Å². The molecule has 1 aliphatic heterocycles. The summed E-state index contributed by atoms with van der Waals surface area (Å²) in [5.41, 5.74) is 1.00. The van der Waals surface area contributed by atoms with Crippen molar-refractivity contribution in [3.63, 3.8) is 0 Å². The van der Waals surface area contributed by atoms with E-state index < -0.39 is 18.0 Å². The van der Waals surface area contributed by atoms with Crippen molar-refractivity contribution in [3.8, 4) is 0 Å². The fourth-order valence-electron chi connectivity index (χ4n) is 3.31. The van der Waals surface area contributed by atoms with Crippen LogP contribution < -0.4 is 5.32 Å². The number of rotatable bonds is 2. The second-order valence-electron chi connectivity index (χ2n) is 6.47. The Labute approximate surface area is 137 Å². The van der Waals surface area contributed by atoms with Gasteiger partial charge in [-0.25, -0.2) is 4.98 Å². The lowest BCUT2D eigenvalue weighted by Crippen LogP contribution is -2.34. The van der Waals surface area contributed by atoms with Crippen LogP contribution in [0.3, 0.4) is 0 Å². The molecule has 0 spiro atoms. The Hall–Kier alpha value is -1.15. The number of nitrogens with one attached hydrogen (secondary N) is 1. The summed E-state index contributed by atoms with van der Waals surface area (Å²) in [5.74, 6) is -2.25. The van der Waals surface area contributed by atoms with E-state index in [0.717, 1.165) is 30.1 Å². The first-order valence-corrected chi connectivity index (χ1v) is 8.69. The highest BCUT2D eigenvalue weighted by atomic mass is 32.1. The number of fused-ring (bicyclic) bond motifs is 1. The van der Waals surface area contributed by atoms with E-state index in [9.17, 15) is 18.0 Å². The lowest BCUT2D eigenvalue weighted by molar-refractivity contribution is -0.185. The molecule has 0 unspecified atom stereocenters. The number of hydrogen-bond donors (Lipinski definition) is 1. The van der Waals surface area contributed by atoms with Gasteiger partial charge in [0.2, 0.25) is 5.91 Å². The van der Waals surface area contributed by atoms with Crippen molar-refractivity contribution in [2.75, 3.05) is 18.9 Å². The molecule has 2 heterocycles. The third kappa shape index (κ3) is 3.85. The molecule has 1 N–H and O–H groups in total. The summed E-state index contributed by atoms with van der Waals surface area (Å²) in [7, 11) is 2.03. The zero-order valence-electron chi connectivity index (χ0n) is 12.9. The van der Waals surface area contributed by atoms with Gasteiger partial charge in [0.15, 0.2) is 5.13 Å². The number of aromatic nitrogens is 1. The number of nitrogens with zero attached hydrogens (tertiary/aromatic N) is 2. The van der Waals surface area contributed by atoms with E-state index in [1.807, 2.05) is 7.05 Å². The number of carbonyl (C=O) groups is 1. The van der Waals surface area contributed by atoms with E-state index in [1.165, 1.54) is 11.3 Å². The monoisotopic (exact) mass is 347 g/mol. The summed E-state index contributed by atoms with van der Waals surface area (Å²) < 4.78 is 38.5. The maximum atomic E-state index is 12.8. The largest absolute Gasteiger partial charge is 0.391 e. The summed E-state index contributed by atoms with van der Waals surface area (Å²) in [6.07, 6.45) is -2.37. The Bertz CT molecular complexity index is 587. The Morgan fingerprint density at radius 1 is 1.39 bits per heavy atom. The Balaban J connectivity index is 1.63. The molecular weight excluding hydrogens is 327 g/mol. The summed E-state index contributed by atoms with van der Waals surface area (Å²) >= 11 is 1.43. The average molecular weight is 347 g/mol. The molecule has 3 rings (SSSR count). The minimum atomic E-state index is -4.20. The predicted molar refractivity (Wildman–Crippen MR) is 82.3 cm³/mol. The van der Waals surface area contributed by atoms with Gasteiger partial charge in [0, 0.05) is 30.3 Å². The third-order valence-electron chi connectivity index (χ3n) is 4.66. The minimum Gasteiger partial charge on any atom is -0.302 e. The first-order chi connectivity index (χ1) is 10.8. The molecule has 0 radical (unpaired) electrons. The van der Waals surface area contributed by atoms with Crippen molar-refractivity contribution in [2.45, 2.75) is 44.8 Å². The van der Waals surface area contributed by atoms with Gasteiger partial charge < -0.3 is 10.2 Å². The molecule has 1 saturated carbocycles. The molecule has 0 saturated heterocycles. The predicted octanol–water partition coefficient (Wildman–Crippen LogP) is 3.44. The van der Waals surface area contributed by atoms with Crippen molar-refractivity contribution < 1.29 is 18.0 Å². The van der Waals surface area contributed by atoms with Gasteiger partial charge in [-0.05, 0) is 26.3 Å². The third-order valence-corrected chi connectivity index (χ3v) is 5.66. The molecule has 8 heteroatoms. The second-order valence-corrected chi connectivity index (χ2v) is 7.55. The first-order valence-electron chi connectivity index (χ1n) is 7.87. The van der Waals surface area contributed by atoms with Crippen LogP contribution in [-0.4, -0.2) is 35.6 Å². The molecule has 0 aromatic carbocycles. The van der Waals surface area contributed by atoms with Crippen molar-refractivity contribution in [1.29, 1.82) is 0 Å². The number of alkyl halides is 3. The number of carbonyl (C=O) groups excluding carboxylic acids is 1. The Morgan fingerprint density at radius 2 is 2.17 bits per heavy atom. The molecule has 0 bridgehead atoms. The molecule has 1 aromatic heterocycles. The summed E-state index contributed by atoms with van der Waals surface area (Å²) in [6, 6.07) is 0. The van der Waals surface area contributed by atoms with Crippen LogP contribution in [0, 0.1) is 11.8 Å². The topological polar surface area (TPSA) is 45.2 Å².